The van der Waals surface area contributed by atoms with Crippen molar-refractivity contribution in [3.63, 3.8) is 0 Å². The van der Waals surface area contributed by atoms with E-state index in [9.17, 15) is 8.42 Å². The van der Waals surface area contributed by atoms with Crippen LogP contribution in [0.15, 0.2) is 69.4 Å². The molecule has 0 aliphatic carbocycles. The van der Waals surface area contributed by atoms with Gasteiger partial charge in [-0.15, -0.1) is 0 Å². The average molecular weight is 300 g/mol. The molecule has 21 heavy (non-hydrogen) atoms. The van der Waals surface area contributed by atoms with E-state index in [0.717, 1.165) is 12.0 Å². The number of hydrogen-bond donors (Lipinski definition) is 0. The topological polar surface area (TPSA) is 73.1 Å². The fraction of sp³-hybridized carbons (Fsp3) is 0.0667. The zero-order valence-electron chi connectivity index (χ0n) is 11.2. The third-order valence-electron chi connectivity index (χ3n) is 3.02. The van der Waals surface area contributed by atoms with Crippen molar-refractivity contribution in [1.82, 2.24) is 9.97 Å². The molecule has 0 aliphatic heterocycles. The standard InChI is InChI=1S/C15H12N2O3S/c1-11-5-7-12(8-6-11)21(18,19)15-14(20-10-17-15)13-4-2-3-9-16-13/h2-10H,1H3. The Balaban J connectivity index is 2.13. The number of aromatic nitrogens is 2. The largest absolute Gasteiger partial charge is 0.440 e. The van der Waals surface area contributed by atoms with E-state index >= 15 is 0 Å². The van der Waals surface area contributed by atoms with E-state index < -0.39 is 9.84 Å². The van der Waals surface area contributed by atoms with E-state index in [1.165, 1.54) is 0 Å². The van der Waals surface area contributed by atoms with E-state index in [4.69, 9.17) is 4.42 Å². The summed E-state index contributed by atoms with van der Waals surface area (Å²) in [7, 11) is -3.74. The van der Waals surface area contributed by atoms with Gasteiger partial charge in [0.25, 0.3) is 0 Å². The Morgan fingerprint density at radius 2 is 1.76 bits per heavy atom. The molecule has 0 unspecified atom stereocenters. The van der Waals surface area contributed by atoms with Crippen LogP contribution >= 0.6 is 0 Å². The van der Waals surface area contributed by atoms with E-state index in [1.807, 2.05) is 6.92 Å². The third-order valence-corrected chi connectivity index (χ3v) is 4.71. The van der Waals surface area contributed by atoms with Gasteiger partial charge in [-0.2, -0.15) is 0 Å². The van der Waals surface area contributed by atoms with Gasteiger partial charge < -0.3 is 4.42 Å². The first-order valence-corrected chi connectivity index (χ1v) is 7.74. The zero-order valence-corrected chi connectivity index (χ0v) is 12.0. The molecule has 6 heteroatoms. The Morgan fingerprint density at radius 1 is 1.00 bits per heavy atom. The Bertz CT molecular complexity index is 853. The minimum atomic E-state index is -3.74. The van der Waals surface area contributed by atoms with E-state index in [1.54, 1.807) is 48.7 Å². The summed E-state index contributed by atoms with van der Waals surface area (Å²) >= 11 is 0. The summed E-state index contributed by atoms with van der Waals surface area (Å²) in [4.78, 5) is 8.15. The lowest BCUT2D eigenvalue weighted by atomic mass is 10.2. The number of benzene rings is 1. The van der Waals surface area contributed by atoms with Gasteiger partial charge in [-0.05, 0) is 31.2 Å². The van der Waals surface area contributed by atoms with Crippen molar-refractivity contribution in [1.29, 1.82) is 0 Å². The highest BCUT2D eigenvalue weighted by Gasteiger charge is 2.26. The molecule has 2 heterocycles. The highest BCUT2D eigenvalue weighted by Crippen LogP contribution is 2.29. The van der Waals surface area contributed by atoms with Crippen molar-refractivity contribution < 1.29 is 12.8 Å². The molecule has 106 valence electrons. The molecule has 3 rings (SSSR count). The summed E-state index contributed by atoms with van der Waals surface area (Å²) in [5, 5.41) is -0.120. The molecule has 0 spiro atoms. The summed E-state index contributed by atoms with van der Waals surface area (Å²) in [5.41, 5.74) is 1.42. The van der Waals surface area contributed by atoms with Gasteiger partial charge in [-0.1, -0.05) is 23.8 Å². The molecule has 0 bridgehead atoms. The number of sulfone groups is 1. The summed E-state index contributed by atoms with van der Waals surface area (Å²) in [6.07, 6.45) is 2.69. The molecule has 0 fully saturated rings. The van der Waals surface area contributed by atoms with Crippen LogP contribution in [0.4, 0.5) is 0 Å². The number of aryl methyl sites for hydroxylation is 1. The molecule has 0 aliphatic rings. The molecular formula is C15H12N2O3S. The first kappa shape index (κ1) is 13.5. The van der Waals surface area contributed by atoms with Crippen LogP contribution in [0.2, 0.25) is 0 Å². The van der Waals surface area contributed by atoms with E-state index in [-0.39, 0.29) is 15.7 Å². The number of oxazole rings is 1. The van der Waals surface area contributed by atoms with Gasteiger partial charge in [0.15, 0.2) is 12.2 Å². The highest BCUT2D eigenvalue weighted by molar-refractivity contribution is 7.91. The number of nitrogens with zero attached hydrogens (tertiary/aromatic N) is 2. The third kappa shape index (κ3) is 2.45. The Hall–Kier alpha value is -2.47. The van der Waals surface area contributed by atoms with E-state index in [2.05, 4.69) is 9.97 Å². The van der Waals surface area contributed by atoms with Gasteiger partial charge in [0.2, 0.25) is 14.9 Å². The van der Waals surface area contributed by atoms with Crippen LogP contribution in [0.25, 0.3) is 11.5 Å². The zero-order chi connectivity index (χ0) is 14.9. The van der Waals surface area contributed by atoms with E-state index in [0.29, 0.717) is 5.69 Å². The second-order valence-corrected chi connectivity index (χ2v) is 6.38. The second-order valence-electron chi connectivity index (χ2n) is 4.52. The quantitative estimate of drug-likeness (QED) is 0.743. The van der Waals surface area contributed by atoms with Crippen LogP contribution < -0.4 is 0 Å². The Kier molecular flexibility index (Phi) is 3.31. The summed E-state index contributed by atoms with van der Waals surface area (Å²) in [5.74, 6) is 0.149. The number of rotatable bonds is 3. The lowest BCUT2D eigenvalue weighted by molar-refractivity contribution is 0.565. The monoisotopic (exact) mass is 300 g/mol. The number of pyridine rings is 1. The van der Waals surface area contributed by atoms with Crippen molar-refractivity contribution in [2.24, 2.45) is 0 Å². The van der Waals surface area contributed by atoms with Crippen molar-refractivity contribution in [2.45, 2.75) is 16.8 Å². The Morgan fingerprint density at radius 3 is 2.43 bits per heavy atom. The first-order valence-electron chi connectivity index (χ1n) is 6.26. The van der Waals surface area contributed by atoms with Crippen molar-refractivity contribution in [3.05, 3.63) is 60.6 Å². The highest BCUT2D eigenvalue weighted by atomic mass is 32.2. The van der Waals surface area contributed by atoms with Gasteiger partial charge in [0, 0.05) is 6.20 Å². The maximum atomic E-state index is 12.7. The maximum absolute atomic E-state index is 12.7. The number of hydrogen-bond acceptors (Lipinski definition) is 5. The van der Waals surface area contributed by atoms with Crippen LogP contribution in [0.5, 0.6) is 0 Å². The first-order chi connectivity index (χ1) is 10.1. The van der Waals surface area contributed by atoms with Crippen molar-refractivity contribution in [3.8, 4) is 11.5 Å². The van der Waals surface area contributed by atoms with Gasteiger partial charge in [0.05, 0.1) is 4.90 Å². The maximum Gasteiger partial charge on any atom is 0.227 e. The average Bonchev–Trinajstić information content (AvgIpc) is 2.99. The lowest BCUT2D eigenvalue weighted by Crippen LogP contribution is -2.04. The molecule has 0 radical (unpaired) electrons. The van der Waals surface area contributed by atoms with Crippen LogP contribution in [0.3, 0.4) is 0 Å². The van der Waals surface area contributed by atoms with Crippen LogP contribution in [-0.2, 0) is 9.84 Å². The van der Waals surface area contributed by atoms with Gasteiger partial charge in [0.1, 0.15) is 5.69 Å². The minimum Gasteiger partial charge on any atom is -0.440 e. The fourth-order valence-corrected chi connectivity index (χ4v) is 3.22. The van der Waals surface area contributed by atoms with Gasteiger partial charge >= 0.3 is 0 Å². The molecular weight excluding hydrogens is 288 g/mol. The molecule has 0 atom stereocenters. The SMILES string of the molecule is Cc1ccc(S(=O)(=O)c2ncoc2-c2ccccn2)cc1. The minimum absolute atomic E-state index is 0.120. The van der Waals surface area contributed by atoms with Gasteiger partial charge in [-0.3, -0.25) is 4.98 Å². The molecule has 5 nitrogen and oxygen atoms in total. The van der Waals surface area contributed by atoms with Gasteiger partial charge in [-0.25, -0.2) is 13.4 Å². The second kappa shape index (κ2) is 5.14. The van der Waals surface area contributed by atoms with Crippen LogP contribution in [0, 0.1) is 6.92 Å². The predicted octanol–water partition coefficient (Wildman–Crippen LogP) is 2.88. The molecule has 0 saturated carbocycles. The lowest BCUT2D eigenvalue weighted by Gasteiger charge is -2.04. The predicted molar refractivity (Wildman–Crippen MR) is 76.4 cm³/mol. The van der Waals surface area contributed by atoms with Crippen molar-refractivity contribution in [2.75, 3.05) is 0 Å². The van der Waals surface area contributed by atoms with Crippen molar-refractivity contribution >= 4 is 9.84 Å². The normalized spacial score (nSPS) is 11.5. The van der Waals surface area contributed by atoms with Crippen LogP contribution in [0.1, 0.15) is 5.56 Å². The fourth-order valence-electron chi connectivity index (χ4n) is 1.92. The molecule has 2 aromatic heterocycles. The molecule has 0 saturated heterocycles. The summed E-state index contributed by atoms with van der Waals surface area (Å²) < 4.78 is 30.5. The molecule has 1 aromatic carbocycles. The molecule has 3 aromatic rings. The van der Waals surface area contributed by atoms with Crippen LogP contribution in [-0.4, -0.2) is 18.4 Å². The molecule has 0 N–H and O–H groups in total. The summed E-state index contributed by atoms with van der Waals surface area (Å²) in [6, 6.07) is 11.8. The molecule has 0 amide bonds. The summed E-state index contributed by atoms with van der Waals surface area (Å²) in [6.45, 7) is 1.89. The Labute approximate surface area is 122 Å². The smallest absolute Gasteiger partial charge is 0.227 e.